The van der Waals surface area contributed by atoms with Crippen molar-refractivity contribution in [3.05, 3.63) is 24.3 Å². The van der Waals surface area contributed by atoms with Gasteiger partial charge in [0.1, 0.15) is 17.8 Å². The molecule has 1 spiro atoms. The van der Waals surface area contributed by atoms with Crippen LogP contribution in [0.1, 0.15) is 39.5 Å². The van der Waals surface area contributed by atoms with Crippen molar-refractivity contribution in [1.82, 2.24) is 10.2 Å². The lowest BCUT2D eigenvalue weighted by Gasteiger charge is -2.36. The van der Waals surface area contributed by atoms with E-state index >= 15 is 0 Å². The molecule has 1 aromatic rings. The fraction of sp³-hybridized carbons (Fsp3) is 0.524. The van der Waals surface area contributed by atoms with Crippen LogP contribution < -0.4 is 15.4 Å². The molecule has 0 unspecified atom stereocenters. The second-order valence-electron chi connectivity index (χ2n) is 7.61. The predicted octanol–water partition coefficient (Wildman–Crippen LogP) is 2.07. The van der Waals surface area contributed by atoms with Crippen molar-refractivity contribution in [1.29, 1.82) is 0 Å². The van der Waals surface area contributed by atoms with Crippen molar-refractivity contribution < 1.29 is 28.7 Å². The highest BCUT2D eigenvalue weighted by Gasteiger charge is 2.55. The fourth-order valence-corrected chi connectivity index (χ4v) is 3.96. The smallest absolute Gasteiger partial charge is 0.326 e. The first-order valence-electron chi connectivity index (χ1n) is 10.2. The molecule has 2 N–H and O–H groups in total. The number of rotatable bonds is 7. The number of benzene rings is 1. The maximum atomic E-state index is 12.8. The second-order valence-corrected chi connectivity index (χ2v) is 7.61. The number of amides is 4. The largest absolute Gasteiger partial charge is 0.494 e. The van der Waals surface area contributed by atoms with Gasteiger partial charge in [-0.15, -0.1) is 0 Å². The third-order valence-corrected chi connectivity index (χ3v) is 5.60. The normalized spacial score (nSPS) is 23.3. The van der Waals surface area contributed by atoms with Gasteiger partial charge >= 0.3 is 12.0 Å². The summed E-state index contributed by atoms with van der Waals surface area (Å²) in [6.07, 6.45) is 3.27. The van der Waals surface area contributed by atoms with Crippen molar-refractivity contribution in [3.8, 4) is 5.75 Å². The molecule has 1 heterocycles. The highest BCUT2D eigenvalue weighted by Crippen LogP contribution is 2.38. The lowest BCUT2D eigenvalue weighted by molar-refractivity contribution is -0.150. The minimum absolute atomic E-state index is 0.00335. The number of esters is 1. The van der Waals surface area contributed by atoms with E-state index in [0.717, 1.165) is 24.2 Å². The van der Waals surface area contributed by atoms with Crippen LogP contribution in [0.3, 0.4) is 0 Å². The molecule has 9 nitrogen and oxygen atoms in total. The summed E-state index contributed by atoms with van der Waals surface area (Å²) in [7, 11) is 0. The quantitative estimate of drug-likeness (QED) is 0.519. The molecule has 9 heteroatoms. The molecule has 1 saturated heterocycles. The maximum Gasteiger partial charge on any atom is 0.326 e. The van der Waals surface area contributed by atoms with Gasteiger partial charge < -0.3 is 20.1 Å². The average Bonchev–Trinajstić information content (AvgIpc) is 2.95. The van der Waals surface area contributed by atoms with Gasteiger partial charge in [0, 0.05) is 5.69 Å². The highest BCUT2D eigenvalue weighted by molar-refractivity contribution is 6.09. The zero-order valence-corrected chi connectivity index (χ0v) is 17.2. The van der Waals surface area contributed by atoms with Gasteiger partial charge in [-0.3, -0.25) is 19.3 Å². The Kier molecular flexibility index (Phi) is 6.59. The molecule has 1 aliphatic carbocycles. The summed E-state index contributed by atoms with van der Waals surface area (Å²) >= 11 is 0. The molecule has 2 atom stereocenters. The lowest BCUT2D eigenvalue weighted by atomic mass is 9.73. The summed E-state index contributed by atoms with van der Waals surface area (Å²) in [6.45, 7) is 3.31. The first-order valence-corrected chi connectivity index (χ1v) is 10.2. The third-order valence-electron chi connectivity index (χ3n) is 5.60. The standard InChI is InChI=1S/C21H27N3O6/c1-3-29-16-9-7-15(8-10-16)22-17(25)13-30-18(26)12-24-19(27)21(23-20(24)28)11-5-4-6-14(21)2/h7-10,14H,3-6,11-13H2,1-2H3,(H,22,25)(H,23,28)/t14-,21+/m0/s1. The molecular formula is C21H27N3O6. The van der Waals surface area contributed by atoms with Crippen LogP contribution in [0.15, 0.2) is 24.3 Å². The van der Waals surface area contributed by atoms with Crippen LogP contribution in [-0.2, 0) is 19.1 Å². The number of nitrogens with one attached hydrogen (secondary N) is 2. The highest BCUT2D eigenvalue weighted by atomic mass is 16.5. The Hall–Kier alpha value is -3.10. The minimum Gasteiger partial charge on any atom is -0.494 e. The molecule has 3 rings (SSSR count). The summed E-state index contributed by atoms with van der Waals surface area (Å²) in [4.78, 5) is 50.1. The fourth-order valence-electron chi connectivity index (χ4n) is 3.96. The van der Waals surface area contributed by atoms with E-state index in [0.29, 0.717) is 24.5 Å². The van der Waals surface area contributed by atoms with Gasteiger partial charge in [0.2, 0.25) is 0 Å². The summed E-state index contributed by atoms with van der Waals surface area (Å²) < 4.78 is 10.3. The monoisotopic (exact) mass is 417 g/mol. The number of hydrogen-bond acceptors (Lipinski definition) is 6. The van der Waals surface area contributed by atoms with Crippen LogP contribution in [0, 0.1) is 5.92 Å². The molecule has 2 fully saturated rings. The topological polar surface area (TPSA) is 114 Å². The van der Waals surface area contributed by atoms with Crippen molar-refractivity contribution >= 4 is 29.5 Å². The second kappa shape index (κ2) is 9.15. The van der Waals surface area contributed by atoms with E-state index in [1.54, 1.807) is 24.3 Å². The van der Waals surface area contributed by atoms with Crippen LogP contribution in [0.25, 0.3) is 0 Å². The zero-order chi connectivity index (χ0) is 21.7. The Morgan fingerprint density at radius 1 is 1.23 bits per heavy atom. The molecule has 162 valence electrons. The molecule has 0 bridgehead atoms. The molecule has 0 radical (unpaired) electrons. The predicted molar refractivity (Wildman–Crippen MR) is 108 cm³/mol. The molecule has 1 aliphatic heterocycles. The van der Waals surface area contributed by atoms with E-state index in [-0.39, 0.29) is 5.92 Å². The van der Waals surface area contributed by atoms with Crippen molar-refractivity contribution in [2.75, 3.05) is 25.1 Å². The van der Waals surface area contributed by atoms with E-state index in [2.05, 4.69) is 10.6 Å². The maximum absolute atomic E-state index is 12.8. The molecule has 4 amide bonds. The van der Waals surface area contributed by atoms with Crippen LogP contribution >= 0.6 is 0 Å². The summed E-state index contributed by atoms with van der Waals surface area (Å²) in [5, 5.41) is 5.37. The minimum atomic E-state index is -0.930. The number of imide groups is 1. The first-order chi connectivity index (χ1) is 14.4. The summed E-state index contributed by atoms with van der Waals surface area (Å²) in [5.74, 6) is -1.05. The number of ether oxygens (including phenoxy) is 2. The van der Waals surface area contributed by atoms with E-state index in [4.69, 9.17) is 9.47 Å². The Morgan fingerprint density at radius 3 is 2.63 bits per heavy atom. The summed E-state index contributed by atoms with van der Waals surface area (Å²) in [5.41, 5.74) is -0.400. The number of anilines is 1. The van der Waals surface area contributed by atoms with Crippen molar-refractivity contribution in [2.24, 2.45) is 5.92 Å². The number of carbonyl (C=O) groups is 4. The van der Waals surface area contributed by atoms with Gasteiger partial charge in [0.15, 0.2) is 6.61 Å². The van der Waals surface area contributed by atoms with E-state index in [1.165, 1.54) is 0 Å². The Morgan fingerprint density at radius 2 is 1.97 bits per heavy atom. The molecule has 1 saturated carbocycles. The van der Waals surface area contributed by atoms with Gasteiger partial charge in [0.05, 0.1) is 6.61 Å². The lowest BCUT2D eigenvalue weighted by Crippen LogP contribution is -2.54. The SMILES string of the molecule is CCOc1ccc(NC(=O)COC(=O)CN2C(=O)N[C@@]3(CCCC[C@@H]3C)C2=O)cc1. The molecule has 2 aliphatic rings. The summed E-state index contributed by atoms with van der Waals surface area (Å²) in [6, 6.07) is 6.17. The van der Waals surface area contributed by atoms with Crippen LogP contribution in [0.4, 0.5) is 10.5 Å². The van der Waals surface area contributed by atoms with Crippen LogP contribution in [0.5, 0.6) is 5.75 Å². The average molecular weight is 417 g/mol. The molecule has 0 aromatic heterocycles. The van der Waals surface area contributed by atoms with Crippen molar-refractivity contribution in [3.63, 3.8) is 0 Å². The Labute approximate surface area is 175 Å². The number of nitrogens with zero attached hydrogens (tertiary/aromatic N) is 1. The molecular weight excluding hydrogens is 390 g/mol. The Bertz CT molecular complexity index is 825. The van der Waals surface area contributed by atoms with Crippen molar-refractivity contribution in [2.45, 2.75) is 45.1 Å². The third kappa shape index (κ3) is 4.55. The Balaban J connectivity index is 1.49. The van der Waals surface area contributed by atoms with E-state index < -0.39 is 42.5 Å². The molecule has 30 heavy (non-hydrogen) atoms. The van der Waals surface area contributed by atoms with Crippen LogP contribution in [0.2, 0.25) is 0 Å². The molecule has 1 aromatic carbocycles. The van der Waals surface area contributed by atoms with Gasteiger partial charge in [-0.1, -0.05) is 19.8 Å². The van der Waals surface area contributed by atoms with Gasteiger partial charge in [0.25, 0.3) is 11.8 Å². The van der Waals surface area contributed by atoms with E-state index in [9.17, 15) is 19.2 Å². The number of urea groups is 1. The van der Waals surface area contributed by atoms with Gasteiger partial charge in [-0.25, -0.2) is 4.79 Å². The zero-order valence-electron chi connectivity index (χ0n) is 17.2. The van der Waals surface area contributed by atoms with Gasteiger partial charge in [-0.05, 0) is 49.9 Å². The number of carbonyl (C=O) groups excluding carboxylic acids is 4. The van der Waals surface area contributed by atoms with E-state index in [1.807, 2.05) is 13.8 Å². The van der Waals surface area contributed by atoms with Crippen LogP contribution in [-0.4, -0.2) is 54.0 Å². The first kappa shape index (κ1) is 21.6. The van der Waals surface area contributed by atoms with Gasteiger partial charge in [-0.2, -0.15) is 0 Å². The number of hydrogen-bond donors (Lipinski definition) is 2.